The number of rotatable bonds is 1. The van der Waals surface area contributed by atoms with Gasteiger partial charge in [-0.2, -0.15) is 4.68 Å². The molecule has 0 aliphatic carbocycles. The van der Waals surface area contributed by atoms with Crippen LogP contribution in [-0.2, 0) is 0 Å². The molecule has 0 saturated heterocycles. The molecule has 14 heavy (non-hydrogen) atoms. The molecule has 0 bridgehead atoms. The molecule has 4 heteroatoms. The Kier molecular flexibility index (Phi) is 1.96. The van der Waals surface area contributed by atoms with Crippen molar-refractivity contribution in [3.63, 3.8) is 0 Å². The number of hydrogen-bond acceptors (Lipinski definition) is 3. The molecule has 0 saturated carbocycles. The van der Waals surface area contributed by atoms with Gasteiger partial charge in [-0.15, -0.1) is 5.10 Å². The number of nitrogens with zero attached hydrogens (tertiary/aromatic N) is 2. The molecular weight excluding hydrogens is 180 g/mol. The van der Waals surface area contributed by atoms with E-state index < -0.39 is 5.76 Å². The normalized spacial score (nSPS) is 10.4. The maximum absolute atomic E-state index is 11.3. The highest BCUT2D eigenvalue weighted by Crippen LogP contribution is 2.05. The monoisotopic (exact) mass is 190 g/mol. The van der Waals surface area contributed by atoms with Crippen LogP contribution in [0, 0.1) is 13.8 Å². The predicted molar refractivity (Wildman–Crippen MR) is 51.6 cm³/mol. The summed E-state index contributed by atoms with van der Waals surface area (Å²) < 4.78 is 6.04. The largest absolute Gasteiger partial charge is 0.441 e. The van der Waals surface area contributed by atoms with Crippen LogP contribution in [-0.4, -0.2) is 9.78 Å². The maximum Gasteiger partial charge on any atom is 0.441 e. The number of aromatic nitrogens is 2. The third-order valence-corrected chi connectivity index (χ3v) is 1.93. The topological polar surface area (TPSA) is 48.0 Å². The summed E-state index contributed by atoms with van der Waals surface area (Å²) >= 11 is 0. The van der Waals surface area contributed by atoms with Crippen LogP contribution >= 0.6 is 0 Å². The van der Waals surface area contributed by atoms with E-state index in [2.05, 4.69) is 5.10 Å². The van der Waals surface area contributed by atoms with Crippen LogP contribution in [0.15, 0.2) is 33.5 Å². The van der Waals surface area contributed by atoms with Gasteiger partial charge in [0.05, 0.1) is 5.69 Å². The van der Waals surface area contributed by atoms with E-state index in [4.69, 9.17) is 4.42 Å². The van der Waals surface area contributed by atoms with Crippen LogP contribution < -0.4 is 5.76 Å². The molecule has 0 unspecified atom stereocenters. The van der Waals surface area contributed by atoms with Crippen molar-refractivity contribution in [1.82, 2.24) is 9.78 Å². The van der Waals surface area contributed by atoms with Gasteiger partial charge in [-0.25, -0.2) is 4.79 Å². The average Bonchev–Trinajstić information content (AvgIpc) is 2.47. The Labute approximate surface area is 80.8 Å². The predicted octanol–water partition coefficient (Wildman–Crippen LogP) is 1.44. The standard InChI is InChI=1S/C10H10N2O2/c1-7-3-5-9(6-4-7)12-10(13)14-8(2)11-12/h3-6H,1-2H3. The lowest BCUT2D eigenvalue weighted by Crippen LogP contribution is -2.13. The summed E-state index contributed by atoms with van der Waals surface area (Å²) in [4.78, 5) is 11.3. The molecule has 0 N–H and O–H groups in total. The molecule has 0 spiro atoms. The minimum Gasteiger partial charge on any atom is -0.392 e. The van der Waals surface area contributed by atoms with Crippen LogP contribution in [0.2, 0.25) is 0 Å². The van der Waals surface area contributed by atoms with Crippen LogP contribution in [0.5, 0.6) is 0 Å². The van der Waals surface area contributed by atoms with Crippen molar-refractivity contribution >= 4 is 0 Å². The van der Waals surface area contributed by atoms with Gasteiger partial charge in [-0.1, -0.05) is 17.7 Å². The lowest BCUT2D eigenvalue weighted by Gasteiger charge is -1.97. The molecule has 1 aromatic heterocycles. The zero-order valence-corrected chi connectivity index (χ0v) is 8.02. The second kappa shape index (κ2) is 3.14. The van der Waals surface area contributed by atoms with Crippen LogP contribution in [0.4, 0.5) is 0 Å². The minimum absolute atomic E-state index is 0.371. The third-order valence-electron chi connectivity index (χ3n) is 1.93. The molecule has 2 rings (SSSR count). The zero-order chi connectivity index (χ0) is 10.1. The Balaban J connectivity index is 2.54. The lowest BCUT2D eigenvalue weighted by molar-refractivity contribution is 0.477. The maximum atomic E-state index is 11.3. The van der Waals surface area contributed by atoms with E-state index in [-0.39, 0.29) is 0 Å². The third kappa shape index (κ3) is 1.46. The Morgan fingerprint density at radius 1 is 1.21 bits per heavy atom. The molecule has 0 radical (unpaired) electrons. The van der Waals surface area contributed by atoms with Crippen molar-refractivity contribution in [1.29, 1.82) is 0 Å². The summed E-state index contributed by atoms with van der Waals surface area (Å²) in [6.45, 7) is 3.63. The summed E-state index contributed by atoms with van der Waals surface area (Å²) in [6, 6.07) is 7.51. The molecule has 0 atom stereocenters. The van der Waals surface area contributed by atoms with Gasteiger partial charge >= 0.3 is 5.76 Å². The van der Waals surface area contributed by atoms with Crippen molar-refractivity contribution in [3.8, 4) is 5.69 Å². The smallest absolute Gasteiger partial charge is 0.392 e. The second-order valence-corrected chi connectivity index (χ2v) is 3.13. The SMILES string of the molecule is Cc1ccc(-n2nc(C)oc2=O)cc1. The Hall–Kier alpha value is -1.84. The Morgan fingerprint density at radius 2 is 1.86 bits per heavy atom. The van der Waals surface area contributed by atoms with Gasteiger partial charge in [0.25, 0.3) is 0 Å². The average molecular weight is 190 g/mol. The van der Waals surface area contributed by atoms with Gasteiger partial charge in [0, 0.05) is 6.92 Å². The van der Waals surface area contributed by atoms with Gasteiger partial charge in [-0.05, 0) is 19.1 Å². The van der Waals surface area contributed by atoms with Crippen molar-refractivity contribution in [3.05, 3.63) is 46.3 Å². The van der Waals surface area contributed by atoms with E-state index in [9.17, 15) is 4.79 Å². The summed E-state index contributed by atoms with van der Waals surface area (Å²) in [5, 5.41) is 3.95. The summed E-state index contributed by atoms with van der Waals surface area (Å²) in [7, 11) is 0. The molecule has 0 amide bonds. The number of hydrogen-bond donors (Lipinski definition) is 0. The van der Waals surface area contributed by atoms with E-state index in [1.54, 1.807) is 6.92 Å². The van der Waals surface area contributed by atoms with Crippen molar-refractivity contribution in [2.75, 3.05) is 0 Å². The van der Waals surface area contributed by atoms with Crippen molar-refractivity contribution in [2.24, 2.45) is 0 Å². The first kappa shape index (κ1) is 8.74. The summed E-state index contributed by atoms with van der Waals surface area (Å²) in [6.07, 6.45) is 0. The number of benzene rings is 1. The van der Waals surface area contributed by atoms with Gasteiger partial charge in [-0.3, -0.25) is 0 Å². The molecule has 0 fully saturated rings. The molecule has 0 aliphatic rings. The fraction of sp³-hybridized carbons (Fsp3) is 0.200. The van der Waals surface area contributed by atoms with Gasteiger partial charge in [0.15, 0.2) is 0 Å². The highest BCUT2D eigenvalue weighted by Gasteiger charge is 2.05. The second-order valence-electron chi connectivity index (χ2n) is 3.13. The highest BCUT2D eigenvalue weighted by atomic mass is 16.4. The minimum atomic E-state index is -0.452. The molecule has 1 heterocycles. The van der Waals surface area contributed by atoms with E-state index in [0.717, 1.165) is 11.3 Å². The lowest BCUT2D eigenvalue weighted by atomic mass is 10.2. The summed E-state index contributed by atoms with van der Waals surface area (Å²) in [5.74, 6) is -0.0815. The van der Waals surface area contributed by atoms with Crippen LogP contribution in [0.25, 0.3) is 5.69 Å². The molecular formula is C10H10N2O2. The van der Waals surface area contributed by atoms with Crippen LogP contribution in [0.1, 0.15) is 11.5 Å². The molecule has 1 aromatic carbocycles. The van der Waals surface area contributed by atoms with Gasteiger partial charge in [0.2, 0.25) is 5.89 Å². The molecule has 2 aromatic rings. The first-order valence-electron chi connectivity index (χ1n) is 4.30. The fourth-order valence-corrected chi connectivity index (χ4v) is 1.22. The summed E-state index contributed by atoms with van der Waals surface area (Å²) in [5.41, 5.74) is 1.86. The van der Waals surface area contributed by atoms with Gasteiger partial charge in [0.1, 0.15) is 0 Å². The van der Waals surface area contributed by atoms with Gasteiger partial charge < -0.3 is 4.42 Å². The molecule has 4 nitrogen and oxygen atoms in total. The van der Waals surface area contributed by atoms with Crippen molar-refractivity contribution < 1.29 is 4.42 Å². The first-order chi connectivity index (χ1) is 6.66. The van der Waals surface area contributed by atoms with E-state index in [0.29, 0.717) is 5.89 Å². The van der Waals surface area contributed by atoms with E-state index in [1.807, 2.05) is 31.2 Å². The Bertz CT molecular complexity index is 494. The molecule has 72 valence electrons. The quantitative estimate of drug-likeness (QED) is 0.683. The zero-order valence-electron chi connectivity index (χ0n) is 8.02. The fourth-order valence-electron chi connectivity index (χ4n) is 1.22. The Morgan fingerprint density at radius 3 is 2.36 bits per heavy atom. The first-order valence-corrected chi connectivity index (χ1v) is 4.30. The van der Waals surface area contributed by atoms with E-state index >= 15 is 0 Å². The van der Waals surface area contributed by atoms with Crippen molar-refractivity contribution in [2.45, 2.75) is 13.8 Å². The van der Waals surface area contributed by atoms with Crippen LogP contribution in [0.3, 0.4) is 0 Å². The number of aryl methyl sites for hydroxylation is 2. The van der Waals surface area contributed by atoms with E-state index in [1.165, 1.54) is 4.68 Å². The highest BCUT2D eigenvalue weighted by molar-refractivity contribution is 5.32. The molecule has 0 aliphatic heterocycles.